The lowest BCUT2D eigenvalue weighted by molar-refractivity contribution is 0.0293. The van der Waals surface area contributed by atoms with Crippen LogP contribution < -0.4 is 4.74 Å². The Bertz CT molecular complexity index is 1440. The minimum Gasteiger partial charge on any atom is -0.496 e. The van der Waals surface area contributed by atoms with Crippen LogP contribution in [-0.2, 0) is 4.74 Å². The second-order valence-corrected chi connectivity index (χ2v) is 10.2. The van der Waals surface area contributed by atoms with Gasteiger partial charge in [-0.25, -0.2) is 4.98 Å². The molecule has 4 aromatic rings. The smallest absolute Gasteiger partial charge is 0.253 e. The Morgan fingerprint density at radius 3 is 2.46 bits per heavy atom. The number of fused-ring (bicyclic) bond motifs is 1. The Hall–Kier alpha value is -3.72. The molecule has 8 heteroatoms. The maximum Gasteiger partial charge on any atom is 0.253 e. The number of aromatic nitrogens is 2. The molecule has 0 atom stereocenters. The fourth-order valence-corrected chi connectivity index (χ4v) is 5.55. The average molecular weight is 526 g/mol. The molecule has 2 aromatic carbocycles. The van der Waals surface area contributed by atoms with Crippen molar-refractivity contribution in [3.05, 3.63) is 72.6 Å². The largest absolute Gasteiger partial charge is 0.496 e. The third-order valence-electron chi connectivity index (χ3n) is 7.87. The molecule has 1 N–H and O–H groups in total. The number of carbonyl (C=O) groups excluding carboxylic acids is 1. The van der Waals surface area contributed by atoms with Crippen LogP contribution in [0.15, 0.2) is 67.0 Å². The van der Waals surface area contributed by atoms with Crippen LogP contribution in [-0.4, -0.2) is 103 Å². The Morgan fingerprint density at radius 1 is 0.897 bits per heavy atom. The number of piperazine rings is 1. The van der Waals surface area contributed by atoms with E-state index in [1.165, 1.54) is 0 Å². The predicted octanol–water partition coefficient (Wildman–Crippen LogP) is 4.00. The SMILES string of the molecule is COc1ccccc1-c1c[nH]c2ncc(-c3cccc(C(=O)N4CCN(CCN5CCOCC5)CC4)c3)cc12. The first-order chi connectivity index (χ1) is 19.2. The molecule has 4 heterocycles. The minimum absolute atomic E-state index is 0.0927. The third kappa shape index (κ3) is 5.54. The quantitative estimate of drug-likeness (QED) is 0.393. The van der Waals surface area contributed by atoms with E-state index in [2.05, 4.69) is 31.9 Å². The van der Waals surface area contributed by atoms with Gasteiger partial charge in [-0.3, -0.25) is 14.6 Å². The lowest BCUT2D eigenvalue weighted by Crippen LogP contribution is -2.51. The van der Waals surface area contributed by atoms with Crippen molar-refractivity contribution in [3.8, 4) is 28.0 Å². The standard InChI is InChI=1S/C31H35N5O3/c1-38-29-8-3-2-7-26(29)28-22-33-30-27(28)20-25(21-32-30)23-5-4-6-24(19-23)31(37)36-13-11-34(12-14-36)9-10-35-15-17-39-18-16-35/h2-8,19-22H,9-18H2,1H3,(H,32,33). The van der Waals surface area contributed by atoms with E-state index in [1.807, 2.05) is 59.8 Å². The summed E-state index contributed by atoms with van der Waals surface area (Å²) >= 11 is 0. The number of ether oxygens (including phenoxy) is 2. The van der Waals surface area contributed by atoms with E-state index in [0.717, 1.165) is 105 Å². The van der Waals surface area contributed by atoms with Gasteiger partial charge in [0.2, 0.25) is 0 Å². The van der Waals surface area contributed by atoms with Crippen molar-refractivity contribution in [2.24, 2.45) is 0 Å². The van der Waals surface area contributed by atoms with Gasteiger partial charge < -0.3 is 19.4 Å². The van der Waals surface area contributed by atoms with Crippen molar-refractivity contribution in [3.63, 3.8) is 0 Å². The van der Waals surface area contributed by atoms with Gasteiger partial charge in [-0.2, -0.15) is 0 Å². The summed E-state index contributed by atoms with van der Waals surface area (Å²) in [6, 6.07) is 18.0. The molecule has 39 heavy (non-hydrogen) atoms. The van der Waals surface area contributed by atoms with Crippen LogP contribution in [0.3, 0.4) is 0 Å². The molecule has 0 radical (unpaired) electrons. The molecule has 8 nitrogen and oxygen atoms in total. The highest BCUT2D eigenvalue weighted by atomic mass is 16.5. The second kappa shape index (κ2) is 11.6. The molecule has 2 aromatic heterocycles. The summed E-state index contributed by atoms with van der Waals surface area (Å²) in [7, 11) is 1.69. The van der Waals surface area contributed by atoms with Gasteiger partial charge in [0.25, 0.3) is 5.91 Å². The van der Waals surface area contributed by atoms with Crippen molar-refractivity contribution in [1.82, 2.24) is 24.7 Å². The van der Waals surface area contributed by atoms with Crippen LogP contribution in [0.5, 0.6) is 5.75 Å². The number of morpholine rings is 1. The van der Waals surface area contributed by atoms with Gasteiger partial charge in [0.05, 0.1) is 20.3 Å². The lowest BCUT2D eigenvalue weighted by Gasteiger charge is -2.36. The Balaban J connectivity index is 1.15. The van der Waals surface area contributed by atoms with E-state index in [9.17, 15) is 4.79 Å². The number of rotatable bonds is 7. The fourth-order valence-electron chi connectivity index (χ4n) is 5.55. The first-order valence-corrected chi connectivity index (χ1v) is 13.7. The Morgan fingerprint density at radius 2 is 1.67 bits per heavy atom. The van der Waals surface area contributed by atoms with E-state index >= 15 is 0 Å². The third-order valence-corrected chi connectivity index (χ3v) is 7.87. The molecule has 202 valence electrons. The van der Waals surface area contributed by atoms with Gasteiger partial charge in [-0.05, 0) is 29.8 Å². The molecule has 0 spiro atoms. The van der Waals surface area contributed by atoms with Gasteiger partial charge in [-0.15, -0.1) is 0 Å². The van der Waals surface area contributed by atoms with E-state index in [1.54, 1.807) is 7.11 Å². The summed E-state index contributed by atoms with van der Waals surface area (Å²) in [4.78, 5) is 28.3. The van der Waals surface area contributed by atoms with Gasteiger partial charge in [0, 0.05) is 92.4 Å². The number of hydrogen-bond donors (Lipinski definition) is 1. The molecule has 0 aliphatic carbocycles. The molecule has 2 saturated heterocycles. The van der Waals surface area contributed by atoms with Crippen molar-refractivity contribution in [2.75, 3.05) is 72.7 Å². The number of pyridine rings is 1. The van der Waals surface area contributed by atoms with Crippen molar-refractivity contribution < 1.29 is 14.3 Å². The topological polar surface area (TPSA) is 73.9 Å². The molecule has 2 aliphatic heterocycles. The van der Waals surface area contributed by atoms with Crippen LogP contribution in [0.4, 0.5) is 0 Å². The predicted molar refractivity (Wildman–Crippen MR) is 153 cm³/mol. The molecule has 2 aliphatic rings. The number of methoxy groups -OCH3 is 1. The van der Waals surface area contributed by atoms with E-state index in [-0.39, 0.29) is 5.91 Å². The molecule has 2 fully saturated rings. The van der Waals surface area contributed by atoms with Crippen LogP contribution in [0, 0.1) is 0 Å². The molecule has 6 rings (SSSR count). The van der Waals surface area contributed by atoms with Crippen LogP contribution >= 0.6 is 0 Å². The summed E-state index contributed by atoms with van der Waals surface area (Å²) in [5.74, 6) is 0.910. The maximum atomic E-state index is 13.4. The zero-order valence-electron chi connectivity index (χ0n) is 22.4. The first-order valence-electron chi connectivity index (χ1n) is 13.7. The highest BCUT2D eigenvalue weighted by molar-refractivity contribution is 5.98. The lowest BCUT2D eigenvalue weighted by atomic mass is 10.00. The fraction of sp³-hybridized carbons (Fsp3) is 0.355. The van der Waals surface area contributed by atoms with Crippen molar-refractivity contribution in [2.45, 2.75) is 0 Å². The highest BCUT2D eigenvalue weighted by Crippen LogP contribution is 2.36. The summed E-state index contributed by atoms with van der Waals surface area (Å²) in [6.45, 7) is 9.15. The molecule has 0 bridgehead atoms. The Labute approximate surface area is 229 Å². The summed E-state index contributed by atoms with van der Waals surface area (Å²) in [5, 5.41) is 1.02. The first kappa shape index (κ1) is 25.6. The average Bonchev–Trinajstić information content (AvgIpc) is 3.43. The number of aromatic amines is 1. The summed E-state index contributed by atoms with van der Waals surface area (Å²) in [5.41, 5.74) is 5.54. The van der Waals surface area contributed by atoms with E-state index in [0.29, 0.717) is 5.56 Å². The molecule has 0 unspecified atom stereocenters. The monoisotopic (exact) mass is 525 g/mol. The molecule has 1 amide bonds. The zero-order chi connectivity index (χ0) is 26.6. The minimum atomic E-state index is 0.0927. The number of carbonyl (C=O) groups is 1. The Kier molecular flexibility index (Phi) is 7.58. The van der Waals surface area contributed by atoms with Gasteiger partial charge >= 0.3 is 0 Å². The van der Waals surface area contributed by atoms with E-state index in [4.69, 9.17) is 9.47 Å². The van der Waals surface area contributed by atoms with Gasteiger partial charge in [0.1, 0.15) is 11.4 Å². The van der Waals surface area contributed by atoms with Crippen molar-refractivity contribution in [1.29, 1.82) is 0 Å². The highest BCUT2D eigenvalue weighted by Gasteiger charge is 2.23. The summed E-state index contributed by atoms with van der Waals surface area (Å²) in [6.07, 6.45) is 3.83. The number of para-hydroxylation sites is 1. The second-order valence-electron chi connectivity index (χ2n) is 10.2. The number of nitrogens with one attached hydrogen (secondary N) is 1. The molecule has 0 saturated carbocycles. The molecular formula is C31H35N5O3. The zero-order valence-corrected chi connectivity index (χ0v) is 22.4. The van der Waals surface area contributed by atoms with Crippen molar-refractivity contribution >= 4 is 16.9 Å². The number of amides is 1. The van der Waals surface area contributed by atoms with Crippen LogP contribution in [0.25, 0.3) is 33.3 Å². The normalized spacial score (nSPS) is 17.0. The van der Waals surface area contributed by atoms with Crippen LogP contribution in [0.1, 0.15) is 10.4 Å². The number of H-pyrrole nitrogens is 1. The maximum absolute atomic E-state index is 13.4. The van der Waals surface area contributed by atoms with Gasteiger partial charge in [-0.1, -0.05) is 30.3 Å². The van der Waals surface area contributed by atoms with Crippen LogP contribution in [0.2, 0.25) is 0 Å². The number of nitrogens with zero attached hydrogens (tertiary/aromatic N) is 4. The van der Waals surface area contributed by atoms with Gasteiger partial charge in [0.15, 0.2) is 0 Å². The summed E-state index contributed by atoms with van der Waals surface area (Å²) < 4.78 is 11.0. The van der Waals surface area contributed by atoms with E-state index < -0.39 is 0 Å². The molecular weight excluding hydrogens is 490 g/mol. The number of hydrogen-bond acceptors (Lipinski definition) is 6. The number of benzene rings is 2.